The van der Waals surface area contributed by atoms with Crippen molar-refractivity contribution in [3.05, 3.63) is 24.3 Å². The summed E-state index contributed by atoms with van der Waals surface area (Å²) in [5, 5.41) is 8.64. The lowest BCUT2D eigenvalue weighted by atomic mass is 10.1. The molecule has 11 heavy (non-hydrogen) atoms. The highest BCUT2D eigenvalue weighted by atomic mass is 19.4. The molecule has 0 bridgehead atoms. The van der Waals surface area contributed by atoms with Crippen molar-refractivity contribution in [1.82, 2.24) is 0 Å². The summed E-state index contributed by atoms with van der Waals surface area (Å²) in [6.07, 6.45) is -4.23. The monoisotopic (exact) mass is 166 g/mol. The summed E-state index contributed by atoms with van der Waals surface area (Å²) in [6, 6.07) is 0. The summed E-state index contributed by atoms with van der Waals surface area (Å²) in [6.45, 7) is 4.17. The summed E-state index contributed by atoms with van der Waals surface area (Å²) >= 11 is 0. The summed E-state index contributed by atoms with van der Waals surface area (Å²) < 4.78 is 35.6. The zero-order valence-corrected chi connectivity index (χ0v) is 6.02. The highest BCUT2D eigenvalue weighted by molar-refractivity contribution is 5.18. The Morgan fingerprint density at radius 1 is 1.55 bits per heavy atom. The van der Waals surface area contributed by atoms with Crippen LogP contribution in [0.3, 0.4) is 0 Å². The van der Waals surface area contributed by atoms with Crippen LogP contribution in [0.2, 0.25) is 0 Å². The van der Waals surface area contributed by atoms with Gasteiger partial charge in [-0.25, -0.2) is 0 Å². The van der Waals surface area contributed by atoms with Gasteiger partial charge in [0.1, 0.15) is 0 Å². The van der Waals surface area contributed by atoms with E-state index < -0.39 is 17.9 Å². The third kappa shape index (κ3) is 3.23. The zero-order valence-electron chi connectivity index (χ0n) is 6.02. The van der Waals surface area contributed by atoms with E-state index in [-0.39, 0.29) is 0 Å². The number of hydrogen-bond acceptors (Lipinski definition) is 1. The van der Waals surface area contributed by atoms with Crippen LogP contribution in [-0.4, -0.2) is 17.4 Å². The molecule has 0 aliphatic heterocycles. The van der Waals surface area contributed by atoms with E-state index in [2.05, 4.69) is 6.58 Å². The van der Waals surface area contributed by atoms with Crippen molar-refractivity contribution in [2.75, 3.05) is 0 Å². The molecule has 0 amide bonds. The highest BCUT2D eigenvalue weighted by Crippen LogP contribution is 2.27. The number of aliphatic hydroxyl groups is 1. The largest absolute Gasteiger partial charge is 0.415 e. The van der Waals surface area contributed by atoms with Crippen LogP contribution in [0.1, 0.15) is 6.92 Å². The smallest absolute Gasteiger partial charge is 0.389 e. The normalized spacial score (nSPS) is 16.3. The third-order valence-electron chi connectivity index (χ3n) is 1.07. The maximum Gasteiger partial charge on any atom is 0.415 e. The van der Waals surface area contributed by atoms with Crippen molar-refractivity contribution in [3.8, 4) is 0 Å². The summed E-state index contributed by atoms with van der Waals surface area (Å²) in [5.74, 6) is 0. The van der Waals surface area contributed by atoms with Gasteiger partial charge in [-0.05, 0) is 6.92 Å². The molecule has 4 heteroatoms. The average Bonchev–Trinajstić information content (AvgIpc) is 1.79. The van der Waals surface area contributed by atoms with Crippen LogP contribution in [-0.2, 0) is 0 Å². The molecule has 0 heterocycles. The second-order valence-electron chi connectivity index (χ2n) is 2.03. The van der Waals surface area contributed by atoms with Gasteiger partial charge in [-0.3, -0.25) is 0 Å². The Balaban J connectivity index is 4.62. The molecule has 0 saturated heterocycles. The molecule has 64 valence electrons. The van der Waals surface area contributed by atoms with Gasteiger partial charge < -0.3 is 5.11 Å². The number of rotatable bonds is 2. The van der Waals surface area contributed by atoms with Gasteiger partial charge in [-0.2, -0.15) is 13.2 Å². The zero-order chi connectivity index (χ0) is 9.07. The van der Waals surface area contributed by atoms with Gasteiger partial charge in [-0.1, -0.05) is 18.7 Å². The van der Waals surface area contributed by atoms with Crippen LogP contribution in [0, 0.1) is 0 Å². The van der Waals surface area contributed by atoms with E-state index in [9.17, 15) is 13.2 Å². The number of halogens is 3. The van der Waals surface area contributed by atoms with Gasteiger partial charge in [0.25, 0.3) is 0 Å². The van der Waals surface area contributed by atoms with Crippen molar-refractivity contribution in [3.63, 3.8) is 0 Å². The van der Waals surface area contributed by atoms with E-state index >= 15 is 0 Å². The molecular formula is C7H9F3O. The van der Waals surface area contributed by atoms with Crippen LogP contribution < -0.4 is 0 Å². The molecule has 1 atom stereocenters. The molecular weight excluding hydrogens is 157 g/mol. The molecule has 1 N–H and O–H groups in total. The van der Waals surface area contributed by atoms with E-state index in [1.165, 1.54) is 0 Å². The van der Waals surface area contributed by atoms with E-state index in [4.69, 9.17) is 5.11 Å². The van der Waals surface area contributed by atoms with Crippen molar-refractivity contribution in [2.45, 2.75) is 19.2 Å². The number of aliphatic hydroxyl groups excluding tert-OH is 1. The molecule has 0 radical (unpaired) electrons. The van der Waals surface area contributed by atoms with Gasteiger partial charge in [0.15, 0.2) is 0 Å². The Kier molecular flexibility index (Phi) is 3.32. The number of allylic oxidation sites excluding steroid dienone is 2. The van der Waals surface area contributed by atoms with Crippen LogP contribution in [0.4, 0.5) is 13.2 Å². The first-order valence-electron chi connectivity index (χ1n) is 2.97. The summed E-state index contributed by atoms with van der Waals surface area (Å²) in [4.78, 5) is 0. The van der Waals surface area contributed by atoms with Crippen molar-refractivity contribution >= 4 is 0 Å². The topological polar surface area (TPSA) is 20.2 Å². The second kappa shape index (κ2) is 3.57. The lowest BCUT2D eigenvalue weighted by Crippen LogP contribution is -2.21. The average molecular weight is 166 g/mol. The molecule has 0 saturated carbocycles. The summed E-state index contributed by atoms with van der Waals surface area (Å²) in [7, 11) is 0. The molecule has 0 fully saturated rings. The predicted octanol–water partition coefficient (Wildman–Crippen LogP) is 2.04. The van der Waals surface area contributed by atoms with E-state index in [1.807, 2.05) is 0 Å². The maximum absolute atomic E-state index is 11.9. The van der Waals surface area contributed by atoms with E-state index in [0.29, 0.717) is 0 Å². The minimum atomic E-state index is -4.47. The van der Waals surface area contributed by atoms with Crippen LogP contribution >= 0.6 is 0 Å². The van der Waals surface area contributed by atoms with Crippen LogP contribution in [0.25, 0.3) is 0 Å². The number of hydrogen-bond donors (Lipinski definition) is 1. The van der Waals surface area contributed by atoms with Crippen molar-refractivity contribution < 1.29 is 18.3 Å². The van der Waals surface area contributed by atoms with Crippen LogP contribution in [0.5, 0.6) is 0 Å². The minimum absolute atomic E-state index is 0.755. The van der Waals surface area contributed by atoms with Gasteiger partial charge in [0.2, 0.25) is 0 Å². The van der Waals surface area contributed by atoms with E-state index in [0.717, 1.165) is 19.1 Å². The second-order valence-corrected chi connectivity index (χ2v) is 2.03. The molecule has 0 aliphatic carbocycles. The Bertz CT molecular complexity index is 167. The molecule has 0 aliphatic rings. The SMILES string of the molecule is C=C/C=C(\C(C)O)C(F)(F)F. The Labute approximate surface area is 62.8 Å². The lowest BCUT2D eigenvalue weighted by Gasteiger charge is -2.12. The van der Waals surface area contributed by atoms with Gasteiger partial charge in [0.05, 0.1) is 11.7 Å². The lowest BCUT2D eigenvalue weighted by molar-refractivity contribution is -0.104. The third-order valence-corrected chi connectivity index (χ3v) is 1.07. The van der Waals surface area contributed by atoms with Crippen molar-refractivity contribution in [2.24, 2.45) is 0 Å². The highest BCUT2D eigenvalue weighted by Gasteiger charge is 2.35. The Morgan fingerprint density at radius 3 is 2.09 bits per heavy atom. The van der Waals surface area contributed by atoms with Crippen molar-refractivity contribution in [1.29, 1.82) is 0 Å². The van der Waals surface area contributed by atoms with Gasteiger partial charge in [-0.15, -0.1) is 0 Å². The molecule has 0 aromatic carbocycles. The quantitative estimate of drug-likeness (QED) is 0.622. The molecule has 0 rings (SSSR count). The molecule has 0 aromatic rings. The van der Waals surface area contributed by atoms with Crippen LogP contribution in [0.15, 0.2) is 24.3 Å². The first-order chi connectivity index (χ1) is 4.89. The minimum Gasteiger partial charge on any atom is -0.389 e. The fourth-order valence-electron chi connectivity index (χ4n) is 0.598. The van der Waals surface area contributed by atoms with Gasteiger partial charge >= 0.3 is 6.18 Å². The molecule has 0 spiro atoms. The standard InChI is InChI=1S/C7H9F3O/c1-3-4-6(5(2)11)7(8,9)10/h3-5,11H,1H2,2H3/b6-4+. The predicted molar refractivity (Wildman–Crippen MR) is 36.0 cm³/mol. The first kappa shape index (κ1) is 10.2. The van der Waals surface area contributed by atoms with Gasteiger partial charge in [0, 0.05) is 0 Å². The van der Waals surface area contributed by atoms with E-state index in [1.54, 1.807) is 0 Å². The fourth-order valence-corrected chi connectivity index (χ4v) is 0.598. The molecule has 1 nitrogen and oxygen atoms in total. The first-order valence-corrected chi connectivity index (χ1v) is 2.97. The maximum atomic E-state index is 11.9. The number of alkyl halides is 3. The molecule has 0 aromatic heterocycles. The molecule has 1 unspecified atom stereocenters. The fraction of sp³-hybridized carbons (Fsp3) is 0.429. The Hall–Kier alpha value is -0.770. The Morgan fingerprint density at radius 2 is 2.00 bits per heavy atom. The summed E-state index contributed by atoms with van der Waals surface area (Å²) in [5.41, 5.74) is -0.979.